The second kappa shape index (κ2) is 10.5. The summed E-state index contributed by atoms with van der Waals surface area (Å²) in [6.07, 6.45) is 2.18. The van der Waals surface area contributed by atoms with Gasteiger partial charge in [0.15, 0.2) is 5.96 Å². The first-order chi connectivity index (χ1) is 14.2. The molecule has 2 aromatic rings. The normalized spacial score (nSPS) is 15.1. The Morgan fingerprint density at radius 2 is 1.83 bits per heavy atom. The van der Waals surface area contributed by atoms with Crippen LogP contribution in [0.2, 0.25) is 0 Å². The number of urea groups is 1. The maximum atomic E-state index is 12.3. The second-order valence-corrected chi connectivity index (χ2v) is 7.44. The van der Waals surface area contributed by atoms with Crippen molar-refractivity contribution in [1.82, 2.24) is 15.5 Å². The quantitative estimate of drug-likeness (QED) is 0.517. The number of carbonyl (C=O) groups is 1. The summed E-state index contributed by atoms with van der Waals surface area (Å²) in [4.78, 5) is 18.5. The number of nitrogens with zero attached hydrogens (tertiary/aromatic N) is 2. The van der Waals surface area contributed by atoms with Gasteiger partial charge in [-0.05, 0) is 42.0 Å². The molecule has 1 atom stereocenters. The average molecular weight is 394 g/mol. The van der Waals surface area contributed by atoms with Crippen molar-refractivity contribution in [3.05, 3.63) is 65.7 Å². The highest BCUT2D eigenvalue weighted by Gasteiger charge is 2.17. The molecule has 1 fully saturated rings. The Morgan fingerprint density at radius 3 is 2.55 bits per heavy atom. The molecule has 2 amide bonds. The Morgan fingerprint density at radius 1 is 1.07 bits per heavy atom. The summed E-state index contributed by atoms with van der Waals surface area (Å²) < 4.78 is 0. The number of guanidine groups is 1. The zero-order valence-electron chi connectivity index (χ0n) is 17.3. The van der Waals surface area contributed by atoms with Gasteiger partial charge in [0.2, 0.25) is 0 Å². The summed E-state index contributed by atoms with van der Waals surface area (Å²) >= 11 is 0. The van der Waals surface area contributed by atoms with Crippen molar-refractivity contribution in [3.8, 4) is 0 Å². The summed E-state index contributed by atoms with van der Waals surface area (Å²) in [5.41, 5.74) is 3.21. The number of nitrogens with one attached hydrogen (secondary N) is 3. The lowest BCUT2D eigenvalue weighted by Gasteiger charge is -2.18. The number of hydrogen-bond acceptors (Lipinski definition) is 2. The first kappa shape index (κ1) is 20.7. The summed E-state index contributed by atoms with van der Waals surface area (Å²) in [7, 11) is 1.77. The molecule has 2 aromatic carbocycles. The zero-order chi connectivity index (χ0) is 20.5. The van der Waals surface area contributed by atoms with E-state index in [0.717, 1.165) is 49.7 Å². The van der Waals surface area contributed by atoms with E-state index >= 15 is 0 Å². The molecule has 0 aromatic heterocycles. The highest BCUT2D eigenvalue weighted by atomic mass is 16.2. The highest BCUT2D eigenvalue weighted by molar-refractivity contribution is 5.89. The van der Waals surface area contributed by atoms with Crippen LogP contribution in [0.3, 0.4) is 0 Å². The van der Waals surface area contributed by atoms with Crippen LogP contribution in [-0.4, -0.2) is 43.6 Å². The molecule has 0 bridgehead atoms. The smallest absolute Gasteiger partial charge is 0.321 e. The molecule has 0 aliphatic carbocycles. The van der Waals surface area contributed by atoms with Gasteiger partial charge in [0.25, 0.3) is 0 Å². The molecule has 1 saturated heterocycles. The molecule has 3 rings (SSSR count). The van der Waals surface area contributed by atoms with Gasteiger partial charge in [0.1, 0.15) is 0 Å². The second-order valence-electron chi connectivity index (χ2n) is 7.44. The molecule has 0 radical (unpaired) electrons. The minimum Gasteiger partial charge on any atom is -0.356 e. The van der Waals surface area contributed by atoms with E-state index in [-0.39, 0.29) is 6.03 Å². The van der Waals surface area contributed by atoms with Crippen LogP contribution >= 0.6 is 0 Å². The third-order valence-electron chi connectivity index (χ3n) is 5.20. The van der Waals surface area contributed by atoms with E-state index in [2.05, 4.69) is 52.1 Å². The van der Waals surface area contributed by atoms with Crippen molar-refractivity contribution in [2.45, 2.75) is 32.2 Å². The van der Waals surface area contributed by atoms with E-state index in [1.807, 2.05) is 35.2 Å². The standard InChI is InChI=1S/C23H31N5O/c1-18(20-10-4-3-5-11-20)16-25-22(24-2)26-17-19-9-8-12-21(15-19)27-23(29)28-13-6-7-14-28/h3-5,8-12,15,18H,6-7,13-14,16-17H2,1-2H3,(H,27,29)(H2,24,25,26). The molecule has 1 unspecified atom stereocenters. The van der Waals surface area contributed by atoms with Crippen LogP contribution in [0.1, 0.15) is 36.8 Å². The van der Waals surface area contributed by atoms with Crippen LogP contribution < -0.4 is 16.0 Å². The van der Waals surface area contributed by atoms with E-state index < -0.39 is 0 Å². The Hall–Kier alpha value is -3.02. The van der Waals surface area contributed by atoms with Gasteiger partial charge >= 0.3 is 6.03 Å². The Kier molecular flexibility index (Phi) is 7.50. The number of carbonyl (C=O) groups excluding carboxylic acids is 1. The topological polar surface area (TPSA) is 68.8 Å². The minimum absolute atomic E-state index is 0.0139. The van der Waals surface area contributed by atoms with E-state index in [0.29, 0.717) is 12.5 Å². The van der Waals surface area contributed by atoms with Crippen molar-refractivity contribution in [1.29, 1.82) is 0 Å². The van der Waals surface area contributed by atoms with E-state index in [9.17, 15) is 4.79 Å². The number of anilines is 1. The van der Waals surface area contributed by atoms with Crippen molar-refractivity contribution in [2.24, 2.45) is 4.99 Å². The monoisotopic (exact) mass is 393 g/mol. The fourth-order valence-electron chi connectivity index (χ4n) is 3.44. The predicted molar refractivity (Wildman–Crippen MR) is 119 cm³/mol. The highest BCUT2D eigenvalue weighted by Crippen LogP contribution is 2.15. The number of rotatable bonds is 6. The van der Waals surface area contributed by atoms with Crippen LogP contribution in [0, 0.1) is 0 Å². The number of hydrogen-bond donors (Lipinski definition) is 3. The van der Waals surface area contributed by atoms with Gasteiger partial charge in [0.05, 0.1) is 0 Å². The summed E-state index contributed by atoms with van der Waals surface area (Å²) in [6.45, 7) is 5.32. The lowest BCUT2D eigenvalue weighted by Crippen LogP contribution is -2.38. The van der Waals surface area contributed by atoms with Gasteiger partial charge in [-0.25, -0.2) is 4.79 Å². The van der Waals surface area contributed by atoms with Gasteiger partial charge < -0.3 is 20.9 Å². The number of amides is 2. The summed E-state index contributed by atoms with van der Waals surface area (Å²) in [5, 5.41) is 9.73. The molecule has 0 spiro atoms. The van der Waals surface area contributed by atoms with Crippen LogP contribution in [0.5, 0.6) is 0 Å². The van der Waals surface area contributed by atoms with Crippen LogP contribution in [0.15, 0.2) is 59.6 Å². The predicted octanol–water partition coefficient (Wildman–Crippen LogP) is 3.78. The maximum absolute atomic E-state index is 12.3. The van der Waals surface area contributed by atoms with Crippen LogP contribution in [0.25, 0.3) is 0 Å². The van der Waals surface area contributed by atoms with Gasteiger partial charge in [-0.15, -0.1) is 0 Å². The maximum Gasteiger partial charge on any atom is 0.321 e. The van der Waals surface area contributed by atoms with Crippen molar-refractivity contribution in [3.63, 3.8) is 0 Å². The van der Waals surface area contributed by atoms with E-state index in [1.165, 1.54) is 5.56 Å². The third-order valence-corrected chi connectivity index (χ3v) is 5.20. The molecule has 0 saturated carbocycles. The van der Waals surface area contributed by atoms with Gasteiger partial charge in [-0.3, -0.25) is 4.99 Å². The summed E-state index contributed by atoms with van der Waals surface area (Å²) in [5.74, 6) is 1.15. The largest absolute Gasteiger partial charge is 0.356 e. The molecule has 6 nitrogen and oxygen atoms in total. The fourth-order valence-corrected chi connectivity index (χ4v) is 3.44. The molecular formula is C23H31N5O. The molecule has 154 valence electrons. The lowest BCUT2D eigenvalue weighted by molar-refractivity contribution is 0.222. The number of benzene rings is 2. The van der Waals surface area contributed by atoms with Gasteiger partial charge in [-0.2, -0.15) is 0 Å². The van der Waals surface area contributed by atoms with Gasteiger partial charge in [0, 0.05) is 38.9 Å². The Balaban J connectivity index is 1.48. The number of likely N-dealkylation sites (tertiary alicyclic amines) is 1. The van der Waals surface area contributed by atoms with E-state index in [4.69, 9.17) is 0 Å². The minimum atomic E-state index is -0.0139. The van der Waals surface area contributed by atoms with Crippen molar-refractivity contribution < 1.29 is 4.79 Å². The summed E-state index contributed by atoms with van der Waals surface area (Å²) in [6, 6.07) is 18.4. The van der Waals surface area contributed by atoms with Crippen LogP contribution in [-0.2, 0) is 6.54 Å². The molecular weight excluding hydrogens is 362 g/mol. The molecule has 3 N–H and O–H groups in total. The lowest BCUT2D eigenvalue weighted by atomic mass is 10.0. The Bertz CT molecular complexity index is 815. The zero-order valence-corrected chi connectivity index (χ0v) is 17.3. The first-order valence-electron chi connectivity index (χ1n) is 10.3. The molecule has 1 aliphatic rings. The number of aliphatic imine (C=N–C) groups is 1. The first-order valence-corrected chi connectivity index (χ1v) is 10.3. The van der Waals surface area contributed by atoms with Crippen molar-refractivity contribution >= 4 is 17.7 Å². The SMILES string of the molecule is CN=C(NCc1cccc(NC(=O)N2CCCC2)c1)NCC(C)c1ccccc1. The molecule has 29 heavy (non-hydrogen) atoms. The van der Waals surface area contributed by atoms with Crippen LogP contribution in [0.4, 0.5) is 10.5 Å². The molecule has 1 heterocycles. The Labute approximate surface area is 173 Å². The fraction of sp³-hybridized carbons (Fsp3) is 0.391. The van der Waals surface area contributed by atoms with Gasteiger partial charge in [-0.1, -0.05) is 49.4 Å². The third kappa shape index (κ3) is 6.24. The van der Waals surface area contributed by atoms with E-state index in [1.54, 1.807) is 7.05 Å². The average Bonchev–Trinajstić information content (AvgIpc) is 3.30. The molecule has 6 heteroatoms. The molecule has 1 aliphatic heterocycles. The van der Waals surface area contributed by atoms with Crippen molar-refractivity contribution in [2.75, 3.05) is 32.0 Å².